The van der Waals surface area contributed by atoms with Gasteiger partial charge in [-0.05, 0) is 52.2 Å². The van der Waals surface area contributed by atoms with Gasteiger partial charge in [0, 0.05) is 30.1 Å². The molecule has 0 saturated heterocycles. The number of hydrogen-bond acceptors (Lipinski definition) is 3. The van der Waals surface area contributed by atoms with E-state index in [4.69, 9.17) is 16.3 Å². The smallest absolute Gasteiger partial charge is 0.261 e. The molecule has 0 radical (unpaired) electrons. The lowest BCUT2D eigenvalue weighted by atomic mass is 10.0. The molecule has 5 nitrogen and oxygen atoms in total. The maximum absolute atomic E-state index is 14.6. The first-order valence-corrected chi connectivity index (χ1v) is 12.5. The Morgan fingerprint density at radius 2 is 1.80 bits per heavy atom. The number of carbonyl (C=O) groups is 2. The number of benzene rings is 3. The van der Waals surface area contributed by atoms with Crippen molar-refractivity contribution in [3.63, 3.8) is 0 Å². The van der Waals surface area contributed by atoms with Crippen molar-refractivity contribution in [1.29, 1.82) is 0 Å². The van der Waals surface area contributed by atoms with E-state index in [2.05, 4.69) is 21.2 Å². The van der Waals surface area contributed by atoms with Crippen molar-refractivity contribution in [3.8, 4) is 5.75 Å². The number of ether oxygens (including phenoxy) is 1. The summed E-state index contributed by atoms with van der Waals surface area (Å²) in [6.07, 6.45) is 1.03. The molecule has 3 aromatic rings. The van der Waals surface area contributed by atoms with Crippen LogP contribution in [0.5, 0.6) is 5.75 Å². The highest BCUT2D eigenvalue weighted by molar-refractivity contribution is 9.10. The Kier molecular flexibility index (Phi) is 10.1. The van der Waals surface area contributed by atoms with Crippen LogP contribution in [-0.4, -0.2) is 35.9 Å². The van der Waals surface area contributed by atoms with Gasteiger partial charge in [0.05, 0.1) is 4.47 Å². The molecule has 8 heteroatoms. The molecule has 3 rings (SSSR count). The van der Waals surface area contributed by atoms with E-state index in [0.717, 1.165) is 12.0 Å². The lowest BCUT2D eigenvalue weighted by Gasteiger charge is -2.31. The van der Waals surface area contributed by atoms with E-state index in [1.165, 1.54) is 11.0 Å². The molecule has 1 atom stereocenters. The quantitative estimate of drug-likeness (QED) is 0.323. The Bertz CT molecular complexity index is 1150. The molecule has 0 spiro atoms. The Labute approximate surface area is 218 Å². The summed E-state index contributed by atoms with van der Waals surface area (Å²) in [5.74, 6) is -0.751. The molecule has 0 fully saturated rings. The van der Waals surface area contributed by atoms with Crippen LogP contribution in [0.3, 0.4) is 0 Å². The molecular formula is C27H27BrClFN2O3. The first-order valence-electron chi connectivity index (χ1n) is 11.3. The van der Waals surface area contributed by atoms with Crippen LogP contribution in [0.2, 0.25) is 5.02 Å². The van der Waals surface area contributed by atoms with Gasteiger partial charge >= 0.3 is 0 Å². The average Bonchev–Trinajstić information content (AvgIpc) is 2.85. The van der Waals surface area contributed by atoms with Gasteiger partial charge in [0.25, 0.3) is 5.91 Å². The normalized spacial score (nSPS) is 11.5. The SMILES string of the molecule is CCCNC(=O)[C@H](Cc1ccccc1)N(Cc1ccccc1F)C(=O)COc1ccc(Cl)cc1Br. The second kappa shape index (κ2) is 13.3. The van der Waals surface area contributed by atoms with Gasteiger partial charge in [-0.15, -0.1) is 0 Å². The molecule has 35 heavy (non-hydrogen) atoms. The van der Waals surface area contributed by atoms with Crippen molar-refractivity contribution in [2.75, 3.05) is 13.2 Å². The lowest BCUT2D eigenvalue weighted by Crippen LogP contribution is -2.52. The molecule has 0 aromatic heterocycles. The Hall–Kier alpha value is -2.90. The van der Waals surface area contributed by atoms with E-state index < -0.39 is 17.8 Å². The summed E-state index contributed by atoms with van der Waals surface area (Å²) in [5.41, 5.74) is 1.20. The van der Waals surface area contributed by atoms with Crippen molar-refractivity contribution >= 4 is 39.3 Å². The van der Waals surface area contributed by atoms with Crippen LogP contribution < -0.4 is 10.1 Å². The highest BCUT2D eigenvalue weighted by Gasteiger charge is 2.31. The largest absolute Gasteiger partial charge is 0.483 e. The number of nitrogens with zero attached hydrogens (tertiary/aromatic N) is 1. The van der Waals surface area contributed by atoms with Gasteiger partial charge in [-0.1, -0.05) is 67.1 Å². The van der Waals surface area contributed by atoms with Crippen molar-refractivity contribution in [1.82, 2.24) is 10.2 Å². The average molecular weight is 562 g/mol. The number of carbonyl (C=O) groups excluding carboxylic acids is 2. The third-order valence-corrected chi connectivity index (χ3v) is 6.22. The van der Waals surface area contributed by atoms with Crippen molar-refractivity contribution in [2.45, 2.75) is 32.4 Å². The molecule has 0 aliphatic heterocycles. The molecule has 184 valence electrons. The van der Waals surface area contributed by atoms with E-state index in [-0.39, 0.29) is 25.5 Å². The fourth-order valence-electron chi connectivity index (χ4n) is 3.54. The van der Waals surface area contributed by atoms with Gasteiger partial charge in [0.2, 0.25) is 5.91 Å². The van der Waals surface area contributed by atoms with Crippen LogP contribution in [0.1, 0.15) is 24.5 Å². The number of halogens is 3. The van der Waals surface area contributed by atoms with Crippen molar-refractivity contribution in [3.05, 3.63) is 99.2 Å². The van der Waals surface area contributed by atoms with Crippen LogP contribution in [0.4, 0.5) is 4.39 Å². The van der Waals surface area contributed by atoms with E-state index in [0.29, 0.717) is 27.4 Å². The van der Waals surface area contributed by atoms with E-state index in [1.54, 1.807) is 36.4 Å². The van der Waals surface area contributed by atoms with Gasteiger partial charge in [-0.2, -0.15) is 0 Å². The minimum absolute atomic E-state index is 0.0757. The minimum Gasteiger partial charge on any atom is -0.483 e. The lowest BCUT2D eigenvalue weighted by molar-refractivity contribution is -0.142. The number of amides is 2. The van der Waals surface area contributed by atoms with Gasteiger partial charge in [0.15, 0.2) is 6.61 Å². The van der Waals surface area contributed by atoms with Crippen LogP contribution in [0.15, 0.2) is 77.3 Å². The van der Waals surface area contributed by atoms with Crippen LogP contribution in [-0.2, 0) is 22.6 Å². The molecule has 0 unspecified atom stereocenters. The standard InChI is InChI=1S/C27H27BrClFN2O3/c1-2-14-31-27(34)24(15-19-8-4-3-5-9-19)32(17-20-10-6-7-11-23(20)30)26(33)18-35-25-13-12-21(29)16-22(25)28/h3-13,16,24H,2,14-15,17-18H2,1H3,(H,31,34)/t24-/m0/s1. The topological polar surface area (TPSA) is 58.6 Å². The molecule has 3 aromatic carbocycles. The summed E-state index contributed by atoms with van der Waals surface area (Å²) in [6, 6.07) is 19.8. The molecule has 0 aliphatic carbocycles. The van der Waals surface area contributed by atoms with Gasteiger partial charge in [-0.25, -0.2) is 4.39 Å². The second-order valence-electron chi connectivity index (χ2n) is 7.97. The monoisotopic (exact) mass is 560 g/mol. The third kappa shape index (κ3) is 7.80. The Morgan fingerprint density at radius 1 is 1.09 bits per heavy atom. The van der Waals surface area contributed by atoms with E-state index in [1.807, 2.05) is 37.3 Å². The first-order chi connectivity index (χ1) is 16.9. The molecule has 0 aliphatic rings. The fraction of sp³-hybridized carbons (Fsp3) is 0.259. The maximum atomic E-state index is 14.6. The molecule has 1 N–H and O–H groups in total. The summed E-state index contributed by atoms with van der Waals surface area (Å²) in [4.78, 5) is 28.1. The summed E-state index contributed by atoms with van der Waals surface area (Å²) in [7, 11) is 0. The maximum Gasteiger partial charge on any atom is 0.261 e. The first kappa shape index (κ1) is 26.7. The highest BCUT2D eigenvalue weighted by atomic mass is 79.9. The number of nitrogens with one attached hydrogen (secondary N) is 1. The van der Waals surface area contributed by atoms with Crippen LogP contribution >= 0.6 is 27.5 Å². The number of hydrogen-bond donors (Lipinski definition) is 1. The minimum atomic E-state index is -0.853. The molecule has 0 heterocycles. The predicted molar refractivity (Wildman–Crippen MR) is 139 cm³/mol. The van der Waals surface area contributed by atoms with Gasteiger partial charge < -0.3 is 15.0 Å². The van der Waals surface area contributed by atoms with Crippen LogP contribution in [0.25, 0.3) is 0 Å². The predicted octanol–water partition coefficient (Wildman–Crippen LogP) is 5.79. The van der Waals surface area contributed by atoms with E-state index >= 15 is 0 Å². The fourth-order valence-corrected chi connectivity index (χ4v) is 4.34. The van der Waals surface area contributed by atoms with E-state index in [9.17, 15) is 14.0 Å². The van der Waals surface area contributed by atoms with Crippen molar-refractivity contribution < 1.29 is 18.7 Å². The van der Waals surface area contributed by atoms with Gasteiger partial charge in [-0.3, -0.25) is 9.59 Å². The molecule has 0 saturated carbocycles. The summed E-state index contributed by atoms with van der Waals surface area (Å²) in [5, 5.41) is 3.41. The third-order valence-electron chi connectivity index (χ3n) is 5.36. The Balaban J connectivity index is 1.91. The summed E-state index contributed by atoms with van der Waals surface area (Å²) < 4.78 is 20.9. The van der Waals surface area contributed by atoms with Gasteiger partial charge in [0.1, 0.15) is 17.6 Å². The zero-order chi connectivity index (χ0) is 25.2. The zero-order valence-electron chi connectivity index (χ0n) is 19.3. The molecule has 2 amide bonds. The Morgan fingerprint density at radius 3 is 2.49 bits per heavy atom. The second-order valence-corrected chi connectivity index (χ2v) is 9.26. The molecular weight excluding hydrogens is 535 g/mol. The summed E-state index contributed by atoms with van der Waals surface area (Å²) in [6.45, 7) is 2.02. The van der Waals surface area contributed by atoms with Crippen molar-refractivity contribution in [2.24, 2.45) is 0 Å². The zero-order valence-corrected chi connectivity index (χ0v) is 21.7. The van der Waals surface area contributed by atoms with Crippen LogP contribution in [0, 0.1) is 5.82 Å². The molecule has 0 bridgehead atoms. The number of rotatable bonds is 11. The summed E-state index contributed by atoms with van der Waals surface area (Å²) >= 11 is 9.36. The highest BCUT2D eigenvalue weighted by Crippen LogP contribution is 2.28.